The summed E-state index contributed by atoms with van der Waals surface area (Å²) < 4.78 is 11.0. The van der Waals surface area contributed by atoms with Crippen LogP contribution < -0.4 is 14.8 Å². The van der Waals surface area contributed by atoms with Crippen molar-refractivity contribution in [3.63, 3.8) is 0 Å². The Bertz CT molecular complexity index is 708. The molecule has 1 aliphatic rings. The van der Waals surface area contributed by atoms with Gasteiger partial charge >= 0.3 is 0 Å². The van der Waals surface area contributed by atoms with Crippen molar-refractivity contribution in [1.29, 1.82) is 0 Å². The Balaban J connectivity index is 0.00000261. The van der Waals surface area contributed by atoms with Crippen LogP contribution >= 0.6 is 12.4 Å². The first kappa shape index (κ1) is 21.5. The zero-order valence-corrected chi connectivity index (χ0v) is 16.9. The molecular formula is C22H30ClNO3. The summed E-state index contributed by atoms with van der Waals surface area (Å²) in [6, 6.07) is 14.5. The normalized spacial score (nSPS) is 18.3. The fourth-order valence-electron chi connectivity index (χ4n) is 3.78. The SMILES string of the molecule is COc1ccc(OC)c2c1C[C@H](NCCCCc1ccccc1)[C@@H](O)C2.Cl. The molecule has 0 radical (unpaired) electrons. The lowest BCUT2D eigenvalue weighted by Gasteiger charge is -2.32. The number of benzene rings is 2. The van der Waals surface area contributed by atoms with E-state index in [1.165, 1.54) is 5.56 Å². The largest absolute Gasteiger partial charge is 0.496 e. The standard InChI is InChI=1S/C22H29NO3.ClH/c1-25-21-11-12-22(26-2)18-15-20(24)19(14-17(18)21)23-13-7-6-10-16-8-4-3-5-9-16;/h3-5,8-9,11-12,19-20,23-24H,6-7,10,13-15H2,1-2H3;1H/t19-,20-;/m0./s1. The maximum Gasteiger partial charge on any atom is 0.122 e. The van der Waals surface area contributed by atoms with Crippen LogP contribution in [0.3, 0.4) is 0 Å². The van der Waals surface area contributed by atoms with Crippen molar-refractivity contribution >= 4 is 12.4 Å². The molecule has 0 unspecified atom stereocenters. The highest BCUT2D eigenvalue weighted by Gasteiger charge is 2.30. The van der Waals surface area contributed by atoms with E-state index in [2.05, 4.69) is 35.6 Å². The van der Waals surface area contributed by atoms with Gasteiger partial charge in [0.2, 0.25) is 0 Å². The molecule has 1 aliphatic carbocycles. The number of ether oxygens (including phenoxy) is 2. The summed E-state index contributed by atoms with van der Waals surface area (Å²) in [5.41, 5.74) is 3.61. The first-order valence-corrected chi connectivity index (χ1v) is 9.41. The second-order valence-corrected chi connectivity index (χ2v) is 6.91. The highest BCUT2D eigenvalue weighted by atomic mass is 35.5. The van der Waals surface area contributed by atoms with Crippen LogP contribution in [-0.2, 0) is 19.3 Å². The number of halogens is 1. The van der Waals surface area contributed by atoms with Gasteiger partial charge in [-0.05, 0) is 49.9 Å². The summed E-state index contributed by atoms with van der Waals surface area (Å²) in [6.07, 6.45) is 4.29. The minimum Gasteiger partial charge on any atom is -0.496 e. The Morgan fingerprint density at radius 3 is 2.19 bits per heavy atom. The Kier molecular flexibility index (Phi) is 8.42. The van der Waals surface area contributed by atoms with Gasteiger partial charge in [0.05, 0.1) is 20.3 Å². The monoisotopic (exact) mass is 391 g/mol. The first-order chi connectivity index (χ1) is 12.7. The number of hydrogen-bond donors (Lipinski definition) is 2. The zero-order valence-electron chi connectivity index (χ0n) is 16.1. The first-order valence-electron chi connectivity index (χ1n) is 9.41. The predicted molar refractivity (Wildman–Crippen MR) is 111 cm³/mol. The quantitative estimate of drug-likeness (QED) is 0.675. The molecule has 27 heavy (non-hydrogen) atoms. The molecule has 148 valence electrons. The number of nitrogens with one attached hydrogen (secondary N) is 1. The predicted octanol–water partition coefficient (Wildman–Crippen LogP) is 3.57. The van der Waals surface area contributed by atoms with E-state index in [9.17, 15) is 5.11 Å². The number of rotatable bonds is 8. The fraction of sp³-hybridized carbons (Fsp3) is 0.455. The highest BCUT2D eigenvalue weighted by Crippen LogP contribution is 2.36. The Labute approximate surface area is 168 Å². The van der Waals surface area contributed by atoms with E-state index in [1.54, 1.807) is 14.2 Å². The van der Waals surface area contributed by atoms with Crippen molar-refractivity contribution in [2.45, 2.75) is 44.2 Å². The summed E-state index contributed by atoms with van der Waals surface area (Å²) in [4.78, 5) is 0. The average Bonchev–Trinajstić information content (AvgIpc) is 2.68. The number of aryl methyl sites for hydroxylation is 1. The number of hydrogen-bond acceptors (Lipinski definition) is 4. The molecule has 0 bridgehead atoms. The summed E-state index contributed by atoms with van der Waals surface area (Å²) in [7, 11) is 3.37. The molecule has 0 aromatic heterocycles. The van der Waals surface area contributed by atoms with Crippen molar-refractivity contribution in [1.82, 2.24) is 5.32 Å². The lowest BCUT2D eigenvalue weighted by molar-refractivity contribution is 0.117. The van der Waals surface area contributed by atoms with Crippen LogP contribution in [0.25, 0.3) is 0 Å². The van der Waals surface area contributed by atoms with Crippen molar-refractivity contribution < 1.29 is 14.6 Å². The topological polar surface area (TPSA) is 50.7 Å². The van der Waals surface area contributed by atoms with Gasteiger partial charge in [0.15, 0.2) is 0 Å². The number of aliphatic hydroxyl groups is 1. The summed E-state index contributed by atoms with van der Waals surface area (Å²) in [6.45, 7) is 0.913. The molecule has 4 nitrogen and oxygen atoms in total. The third-order valence-electron chi connectivity index (χ3n) is 5.23. The van der Waals surface area contributed by atoms with E-state index >= 15 is 0 Å². The van der Waals surface area contributed by atoms with E-state index in [0.717, 1.165) is 54.9 Å². The van der Waals surface area contributed by atoms with E-state index in [0.29, 0.717) is 6.42 Å². The molecule has 0 fully saturated rings. The molecule has 0 saturated heterocycles. The molecule has 2 N–H and O–H groups in total. The summed E-state index contributed by atoms with van der Waals surface area (Å²) >= 11 is 0. The third kappa shape index (κ3) is 5.38. The maximum absolute atomic E-state index is 10.6. The van der Waals surface area contributed by atoms with Gasteiger partial charge in [-0.15, -0.1) is 12.4 Å². The Hall–Kier alpha value is -1.75. The molecule has 5 heteroatoms. The van der Waals surface area contributed by atoms with Crippen LogP contribution in [-0.4, -0.2) is 38.0 Å². The molecular weight excluding hydrogens is 362 g/mol. The lowest BCUT2D eigenvalue weighted by Crippen LogP contribution is -2.46. The molecule has 0 aliphatic heterocycles. The fourth-order valence-corrected chi connectivity index (χ4v) is 3.78. The van der Waals surface area contributed by atoms with Crippen LogP contribution in [0.1, 0.15) is 29.5 Å². The molecule has 0 saturated carbocycles. The summed E-state index contributed by atoms with van der Waals surface area (Å²) in [5, 5.41) is 14.1. The molecule has 2 aromatic carbocycles. The zero-order chi connectivity index (χ0) is 18.4. The van der Waals surface area contributed by atoms with Gasteiger partial charge in [0.25, 0.3) is 0 Å². The number of aliphatic hydroxyl groups excluding tert-OH is 1. The highest BCUT2D eigenvalue weighted by molar-refractivity contribution is 5.85. The maximum atomic E-state index is 10.6. The van der Waals surface area contributed by atoms with Crippen molar-refractivity contribution in [3.05, 3.63) is 59.2 Å². The molecule has 2 aromatic rings. The van der Waals surface area contributed by atoms with Crippen LogP contribution in [0, 0.1) is 0 Å². The minimum absolute atomic E-state index is 0. The minimum atomic E-state index is -0.405. The Morgan fingerprint density at radius 1 is 0.926 bits per heavy atom. The molecule has 0 spiro atoms. The van der Waals surface area contributed by atoms with E-state index in [-0.39, 0.29) is 18.4 Å². The van der Waals surface area contributed by atoms with Gasteiger partial charge in [-0.25, -0.2) is 0 Å². The van der Waals surface area contributed by atoms with Gasteiger partial charge in [0.1, 0.15) is 11.5 Å². The lowest BCUT2D eigenvalue weighted by atomic mass is 9.85. The molecule has 0 amide bonds. The van der Waals surface area contributed by atoms with Crippen molar-refractivity contribution in [2.75, 3.05) is 20.8 Å². The summed E-state index contributed by atoms with van der Waals surface area (Å²) in [5.74, 6) is 1.71. The van der Waals surface area contributed by atoms with Gasteiger partial charge in [0, 0.05) is 23.6 Å². The van der Waals surface area contributed by atoms with Crippen molar-refractivity contribution in [2.24, 2.45) is 0 Å². The number of methoxy groups -OCH3 is 2. The molecule has 3 rings (SSSR count). The van der Waals surface area contributed by atoms with Crippen LogP contribution in [0.4, 0.5) is 0 Å². The molecule has 2 atom stereocenters. The third-order valence-corrected chi connectivity index (χ3v) is 5.23. The van der Waals surface area contributed by atoms with E-state index in [4.69, 9.17) is 9.47 Å². The number of unbranched alkanes of at least 4 members (excludes halogenated alkanes) is 1. The second-order valence-electron chi connectivity index (χ2n) is 6.91. The van der Waals surface area contributed by atoms with Gasteiger partial charge in [-0.3, -0.25) is 0 Å². The second kappa shape index (κ2) is 10.5. The average molecular weight is 392 g/mol. The van der Waals surface area contributed by atoms with Crippen molar-refractivity contribution in [3.8, 4) is 11.5 Å². The van der Waals surface area contributed by atoms with E-state index < -0.39 is 6.10 Å². The van der Waals surface area contributed by atoms with E-state index in [1.807, 2.05) is 12.1 Å². The van der Waals surface area contributed by atoms with Crippen LogP contribution in [0.15, 0.2) is 42.5 Å². The molecule has 0 heterocycles. The Morgan fingerprint density at radius 2 is 1.56 bits per heavy atom. The van der Waals surface area contributed by atoms with Gasteiger partial charge in [-0.2, -0.15) is 0 Å². The van der Waals surface area contributed by atoms with Crippen LogP contribution in [0.5, 0.6) is 11.5 Å². The van der Waals surface area contributed by atoms with Gasteiger partial charge < -0.3 is 19.9 Å². The van der Waals surface area contributed by atoms with Gasteiger partial charge in [-0.1, -0.05) is 30.3 Å². The number of fused-ring (bicyclic) bond motifs is 1. The van der Waals surface area contributed by atoms with Crippen LogP contribution in [0.2, 0.25) is 0 Å². The smallest absolute Gasteiger partial charge is 0.122 e.